The highest BCUT2D eigenvalue weighted by atomic mass is 35.5. The molecule has 3 aromatic rings. The van der Waals surface area contributed by atoms with Gasteiger partial charge in [-0.2, -0.15) is 0 Å². The Kier molecular flexibility index (Phi) is 7.11. The molecule has 3 rings (SSSR count). The van der Waals surface area contributed by atoms with Crippen molar-refractivity contribution in [1.82, 2.24) is 20.2 Å². The van der Waals surface area contributed by atoms with E-state index in [1.807, 2.05) is 19.9 Å². The summed E-state index contributed by atoms with van der Waals surface area (Å²) in [4.78, 5) is 0. The number of ether oxygens (including phenoxy) is 2. The second-order valence-electron chi connectivity index (χ2n) is 6.03. The fraction of sp³-hybridized carbons (Fsp3) is 0.316. The quantitative estimate of drug-likeness (QED) is 0.519. The monoisotopic (exact) mass is 439 g/mol. The van der Waals surface area contributed by atoms with Crippen molar-refractivity contribution in [2.24, 2.45) is 0 Å². The van der Waals surface area contributed by atoms with Crippen LogP contribution in [0.25, 0.3) is 0 Å². The van der Waals surface area contributed by atoms with E-state index in [2.05, 4.69) is 20.8 Å². The predicted molar refractivity (Wildman–Crippen MR) is 109 cm³/mol. The van der Waals surface area contributed by atoms with E-state index in [-0.39, 0.29) is 11.6 Å². The second kappa shape index (κ2) is 9.76. The van der Waals surface area contributed by atoms with E-state index >= 15 is 0 Å². The molecule has 0 atom stereocenters. The van der Waals surface area contributed by atoms with Crippen molar-refractivity contribution in [3.63, 3.8) is 0 Å². The summed E-state index contributed by atoms with van der Waals surface area (Å²) in [5.41, 5.74) is 1.51. The predicted octanol–water partition coefficient (Wildman–Crippen LogP) is 4.73. The van der Waals surface area contributed by atoms with Gasteiger partial charge in [0.05, 0.1) is 16.7 Å². The van der Waals surface area contributed by atoms with E-state index in [0.29, 0.717) is 47.7 Å². The van der Waals surface area contributed by atoms with Crippen LogP contribution in [0.4, 0.5) is 10.3 Å². The third kappa shape index (κ3) is 5.27. The SMILES string of the molecule is CCOc1cc(CNc2nnnn2CC)cc(Cl)c1OCc1ccc(F)cc1Cl. The Balaban J connectivity index is 1.76. The lowest BCUT2D eigenvalue weighted by molar-refractivity contribution is 0.269. The van der Waals surface area contributed by atoms with Crippen LogP contribution in [0.3, 0.4) is 0 Å². The van der Waals surface area contributed by atoms with E-state index in [1.165, 1.54) is 12.1 Å². The molecule has 29 heavy (non-hydrogen) atoms. The maximum absolute atomic E-state index is 13.2. The Morgan fingerprint density at radius 1 is 1.10 bits per heavy atom. The number of hydrogen-bond donors (Lipinski definition) is 1. The van der Waals surface area contributed by atoms with Gasteiger partial charge in [-0.05, 0) is 54.1 Å². The van der Waals surface area contributed by atoms with Gasteiger partial charge in [0.15, 0.2) is 11.5 Å². The number of benzene rings is 2. The van der Waals surface area contributed by atoms with E-state index < -0.39 is 5.82 Å². The van der Waals surface area contributed by atoms with Crippen LogP contribution in [0.15, 0.2) is 30.3 Å². The summed E-state index contributed by atoms with van der Waals surface area (Å²) in [6.45, 7) is 5.49. The Morgan fingerprint density at radius 3 is 2.66 bits per heavy atom. The minimum absolute atomic E-state index is 0.127. The molecule has 0 unspecified atom stereocenters. The van der Waals surface area contributed by atoms with Gasteiger partial charge in [-0.15, -0.1) is 0 Å². The standard InChI is InChI=1S/C19H20Cl2FN5O2/c1-3-27-19(24-25-26-27)23-10-12-7-16(21)18(17(8-12)28-4-2)29-11-13-5-6-14(22)9-15(13)20/h5-9H,3-4,10-11H2,1-2H3,(H,23,24,26). The van der Waals surface area contributed by atoms with E-state index in [9.17, 15) is 4.39 Å². The van der Waals surface area contributed by atoms with Crippen LogP contribution in [0.5, 0.6) is 11.5 Å². The molecule has 1 heterocycles. The summed E-state index contributed by atoms with van der Waals surface area (Å²) in [5.74, 6) is 1.06. The maximum atomic E-state index is 13.2. The first-order valence-corrected chi connectivity index (χ1v) is 9.79. The van der Waals surface area contributed by atoms with E-state index in [1.54, 1.807) is 16.8 Å². The van der Waals surface area contributed by atoms with Gasteiger partial charge < -0.3 is 14.8 Å². The number of nitrogens with zero attached hydrogens (tertiary/aromatic N) is 4. The van der Waals surface area contributed by atoms with Gasteiger partial charge in [0, 0.05) is 18.7 Å². The first-order chi connectivity index (χ1) is 14.0. The fourth-order valence-corrected chi connectivity index (χ4v) is 3.15. The lowest BCUT2D eigenvalue weighted by atomic mass is 10.2. The molecule has 0 amide bonds. The lowest BCUT2D eigenvalue weighted by Gasteiger charge is -2.16. The van der Waals surface area contributed by atoms with Crippen LogP contribution in [-0.4, -0.2) is 26.8 Å². The average Bonchev–Trinajstić information content (AvgIpc) is 3.15. The van der Waals surface area contributed by atoms with Crippen molar-refractivity contribution in [3.8, 4) is 11.5 Å². The van der Waals surface area contributed by atoms with Crippen LogP contribution < -0.4 is 14.8 Å². The zero-order valence-corrected chi connectivity index (χ0v) is 17.5. The molecule has 7 nitrogen and oxygen atoms in total. The summed E-state index contributed by atoms with van der Waals surface area (Å²) < 4.78 is 26.4. The van der Waals surface area contributed by atoms with Crippen LogP contribution in [0.1, 0.15) is 25.0 Å². The largest absolute Gasteiger partial charge is 0.490 e. The summed E-state index contributed by atoms with van der Waals surface area (Å²) in [6, 6.07) is 7.75. The number of nitrogens with one attached hydrogen (secondary N) is 1. The van der Waals surface area contributed by atoms with Gasteiger partial charge in [-0.3, -0.25) is 0 Å². The lowest BCUT2D eigenvalue weighted by Crippen LogP contribution is -2.08. The van der Waals surface area contributed by atoms with Gasteiger partial charge in [0.25, 0.3) is 0 Å². The number of aromatic nitrogens is 4. The fourth-order valence-electron chi connectivity index (χ4n) is 2.64. The van der Waals surface area contributed by atoms with Gasteiger partial charge in [0.1, 0.15) is 12.4 Å². The van der Waals surface area contributed by atoms with Crippen molar-refractivity contribution in [2.45, 2.75) is 33.5 Å². The Bertz CT molecular complexity index is 983. The molecule has 0 saturated carbocycles. The molecular formula is C19H20Cl2FN5O2. The molecule has 1 aromatic heterocycles. The topological polar surface area (TPSA) is 74.1 Å². The third-order valence-corrected chi connectivity index (χ3v) is 4.67. The summed E-state index contributed by atoms with van der Waals surface area (Å²) in [6.07, 6.45) is 0. The summed E-state index contributed by atoms with van der Waals surface area (Å²) in [7, 11) is 0. The van der Waals surface area contributed by atoms with Crippen molar-refractivity contribution in [1.29, 1.82) is 0 Å². The van der Waals surface area contributed by atoms with E-state index in [4.69, 9.17) is 32.7 Å². The molecule has 0 saturated heterocycles. The maximum Gasteiger partial charge on any atom is 0.243 e. The number of anilines is 1. The molecule has 2 aromatic carbocycles. The number of hydrogen-bond acceptors (Lipinski definition) is 6. The average molecular weight is 440 g/mol. The van der Waals surface area contributed by atoms with Crippen LogP contribution in [-0.2, 0) is 19.7 Å². The molecule has 0 aliphatic rings. The molecule has 0 aliphatic carbocycles. The van der Waals surface area contributed by atoms with Gasteiger partial charge >= 0.3 is 0 Å². The molecule has 154 valence electrons. The smallest absolute Gasteiger partial charge is 0.243 e. The summed E-state index contributed by atoms with van der Waals surface area (Å²) in [5, 5.41) is 15.3. The summed E-state index contributed by atoms with van der Waals surface area (Å²) >= 11 is 12.5. The first kappa shape index (κ1) is 21.1. The molecule has 10 heteroatoms. The molecule has 0 fully saturated rings. The van der Waals surface area contributed by atoms with Gasteiger partial charge in [-0.25, -0.2) is 9.07 Å². The van der Waals surface area contributed by atoms with Crippen LogP contribution in [0.2, 0.25) is 10.0 Å². The second-order valence-corrected chi connectivity index (χ2v) is 6.85. The third-order valence-electron chi connectivity index (χ3n) is 4.04. The van der Waals surface area contributed by atoms with Crippen molar-refractivity contribution >= 4 is 29.2 Å². The number of halogens is 3. The van der Waals surface area contributed by atoms with Crippen LogP contribution >= 0.6 is 23.2 Å². The van der Waals surface area contributed by atoms with Crippen LogP contribution in [0, 0.1) is 5.82 Å². The Morgan fingerprint density at radius 2 is 1.93 bits per heavy atom. The van der Waals surface area contributed by atoms with Gasteiger partial charge in [0.2, 0.25) is 5.95 Å². The minimum atomic E-state index is -0.405. The normalized spacial score (nSPS) is 10.8. The highest BCUT2D eigenvalue weighted by Crippen LogP contribution is 2.37. The minimum Gasteiger partial charge on any atom is -0.490 e. The molecule has 0 spiro atoms. The van der Waals surface area contributed by atoms with Crippen molar-refractivity contribution < 1.29 is 13.9 Å². The Hall–Kier alpha value is -2.58. The molecule has 1 N–H and O–H groups in total. The Labute approximate surface area is 177 Å². The molecule has 0 radical (unpaired) electrons. The highest BCUT2D eigenvalue weighted by molar-refractivity contribution is 6.32. The molecular weight excluding hydrogens is 420 g/mol. The van der Waals surface area contributed by atoms with Crippen molar-refractivity contribution in [2.75, 3.05) is 11.9 Å². The zero-order valence-electron chi connectivity index (χ0n) is 16.0. The van der Waals surface area contributed by atoms with E-state index in [0.717, 1.165) is 5.56 Å². The van der Waals surface area contributed by atoms with Gasteiger partial charge in [-0.1, -0.05) is 34.4 Å². The first-order valence-electron chi connectivity index (χ1n) is 9.03. The number of tetrazole rings is 1. The number of aryl methyl sites for hydroxylation is 1. The zero-order chi connectivity index (χ0) is 20.8. The highest BCUT2D eigenvalue weighted by Gasteiger charge is 2.15. The van der Waals surface area contributed by atoms with Crippen molar-refractivity contribution in [3.05, 3.63) is 57.3 Å². The molecule has 0 bridgehead atoms. The number of rotatable bonds is 9. The molecule has 0 aliphatic heterocycles.